The number of nitro benzene ring substituents is 1. The lowest BCUT2D eigenvalue weighted by Crippen LogP contribution is -2.37. The maximum atomic E-state index is 13.6. The number of anilines is 2. The summed E-state index contributed by atoms with van der Waals surface area (Å²) in [4.78, 5) is 45.0. The van der Waals surface area contributed by atoms with Gasteiger partial charge in [0, 0.05) is 12.1 Å². The lowest BCUT2D eigenvalue weighted by Gasteiger charge is -2.28. The van der Waals surface area contributed by atoms with Crippen molar-refractivity contribution in [2.45, 2.75) is 26.0 Å². The number of nitrogens with zero attached hydrogens (tertiary/aromatic N) is 3. The quantitative estimate of drug-likeness (QED) is 0.340. The first kappa shape index (κ1) is 20.8. The van der Waals surface area contributed by atoms with Gasteiger partial charge in [0.25, 0.3) is 11.6 Å². The van der Waals surface area contributed by atoms with Crippen molar-refractivity contribution in [3.8, 4) is 0 Å². The number of amides is 2. The number of imide groups is 1. The number of aryl methyl sites for hydroxylation is 2. The van der Waals surface area contributed by atoms with E-state index in [0.29, 0.717) is 11.4 Å². The Bertz CT molecular complexity index is 1270. The molecule has 2 amide bonds. The van der Waals surface area contributed by atoms with Crippen LogP contribution in [0.3, 0.4) is 0 Å². The van der Waals surface area contributed by atoms with Crippen molar-refractivity contribution in [2.24, 2.45) is 5.92 Å². The van der Waals surface area contributed by atoms with Crippen molar-refractivity contribution in [2.75, 3.05) is 9.96 Å². The zero-order chi connectivity index (χ0) is 23.3. The molecule has 8 nitrogen and oxygen atoms in total. The number of rotatable bonds is 4. The van der Waals surface area contributed by atoms with Crippen LogP contribution in [0.1, 0.15) is 22.7 Å². The minimum atomic E-state index is -1.02. The largest absolute Gasteiger partial charge is 0.273 e. The number of benzene rings is 3. The molecule has 0 N–H and O–H groups in total. The molecule has 8 heteroatoms. The number of nitro groups is 1. The summed E-state index contributed by atoms with van der Waals surface area (Å²) in [6, 6.07) is 20.2. The first-order valence-corrected chi connectivity index (χ1v) is 10.6. The predicted molar refractivity (Wildman–Crippen MR) is 122 cm³/mol. The van der Waals surface area contributed by atoms with E-state index in [0.717, 1.165) is 16.7 Å². The summed E-state index contributed by atoms with van der Waals surface area (Å²) in [7, 11) is 0. The van der Waals surface area contributed by atoms with Crippen LogP contribution in [0.5, 0.6) is 0 Å². The summed E-state index contributed by atoms with van der Waals surface area (Å²) >= 11 is 0. The molecule has 0 unspecified atom stereocenters. The highest BCUT2D eigenvalue weighted by Gasteiger charge is 2.60. The third kappa shape index (κ3) is 3.44. The van der Waals surface area contributed by atoms with E-state index in [1.54, 1.807) is 30.3 Å². The summed E-state index contributed by atoms with van der Waals surface area (Å²) in [5.41, 5.74) is 3.58. The Morgan fingerprint density at radius 3 is 2.24 bits per heavy atom. The minimum Gasteiger partial charge on any atom is -0.273 e. The SMILES string of the molecule is Cc1ccc([C@H]2[C@@H]3C(=O)N(c4cccc(C)c4)C(=O)[C@H]3ON2c2cccc([N+](=O)[O-])c2)cc1. The average Bonchev–Trinajstić information content (AvgIpc) is 3.30. The summed E-state index contributed by atoms with van der Waals surface area (Å²) in [5, 5.41) is 12.8. The number of non-ortho nitro benzene ring substituents is 1. The van der Waals surface area contributed by atoms with Crippen molar-refractivity contribution >= 4 is 28.9 Å². The molecule has 0 saturated carbocycles. The second-order valence-electron chi connectivity index (χ2n) is 8.36. The zero-order valence-corrected chi connectivity index (χ0v) is 18.0. The third-order valence-electron chi connectivity index (χ3n) is 6.09. The maximum absolute atomic E-state index is 13.6. The van der Waals surface area contributed by atoms with Crippen LogP contribution < -0.4 is 9.96 Å². The first-order chi connectivity index (χ1) is 15.8. The maximum Gasteiger partial charge on any atom is 0.271 e. The van der Waals surface area contributed by atoms with E-state index in [1.807, 2.05) is 44.2 Å². The molecule has 2 saturated heterocycles. The number of hydrogen-bond acceptors (Lipinski definition) is 6. The van der Waals surface area contributed by atoms with Gasteiger partial charge < -0.3 is 0 Å². The van der Waals surface area contributed by atoms with Gasteiger partial charge in [0.15, 0.2) is 6.10 Å². The fourth-order valence-electron chi connectivity index (χ4n) is 4.51. The lowest BCUT2D eigenvalue weighted by molar-refractivity contribution is -0.384. The molecule has 2 aliphatic heterocycles. The number of fused-ring (bicyclic) bond motifs is 1. The monoisotopic (exact) mass is 443 g/mol. The molecule has 0 aromatic heterocycles. The molecule has 33 heavy (non-hydrogen) atoms. The van der Waals surface area contributed by atoms with Gasteiger partial charge in [0.2, 0.25) is 5.91 Å². The molecule has 0 aliphatic carbocycles. The van der Waals surface area contributed by atoms with Gasteiger partial charge in [-0.1, -0.05) is 48.0 Å². The summed E-state index contributed by atoms with van der Waals surface area (Å²) < 4.78 is 0. The topological polar surface area (TPSA) is 93.0 Å². The molecule has 2 aliphatic rings. The van der Waals surface area contributed by atoms with Crippen LogP contribution in [0.2, 0.25) is 0 Å². The number of carbonyl (C=O) groups is 2. The van der Waals surface area contributed by atoms with Crippen molar-refractivity contribution in [1.82, 2.24) is 0 Å². The number of hydrogen-bond donors (Lipinski definition) is 0. The van der Waals surface area contributed by atoms with Crippen LogP contribution in [0.15, 0.2) is 72.8 Å². The van der Waals surface area contributed by atoms with Crippen LogP contribution in [0, 0.1) is 29.9 Å². The molecule has 3 aromatic carbocycles. The van der Waals surface area contributed by atoms with E-state index in [9.17, 15) is 19.7 Å². The lowest BCUT2D eigenvalue weighted by atomic mass is 9.90. The van der Waals surface area contributed by atoms with E-state index >= 15 is 0 Å². The highest BCUT2D eigenvalue weighted by atomic mass is 16.7. The van der Waals surface area contributed by atoms with E-state index in [1.165, 1.54) is 22.1 Å². The van der Waals surface area contributed by atoms with Crippen LogP contribution in [-0.4, -0.2) is 22.8 Å². The Morgan fingerprint density at radius 1 is 0.848 bits per heavy atom. The van der Waals surface area contributed by atoms with Crippen molar-refractivity contribution in [3.63, 3.8) is 0 Å². The number of hydroxylamine groups is 1. The van der Waals surface area contributed by atoms with Crippen LogP contribution >= 0.6 is 0 Å². The molecule has 2 fully saturated rings. The molecular weight excluding hydrogens is 422 g/mol. The Labute approximate surface area is 190 Å². The third-order valence-corrected chi connectivity index (χ3v) is 6.09. The van der Waals surface area contributed by atoms with Gasteiger partial charge in [-0.05, 0) is 43.2 Å². The smallest absolute Gasteiger partial charge is 0.271 e. The molecule has 2 heterocycles. The molecule has 0 spiro atoms. The van der Waals surface area contributed by atoms with E-state index in [-0.39, 0.29) is 11.6 Å². The molecule has 3 aromatic rings. The van der Waals surface area contributed by atoms with E-state index in [4.69, 9.17) is 4.84 Å². The van der Waals surface area contributed by atoms with Gasteiger partial charge in [0.1, 0.15) is 5.92 Å². The van der Waals surface area contributed by atoms with Gasteiger partial charge in [0.05, 0.1) is 22.3 Å². The Balaban J connectivity index is 1.60. The predicted octanol–water partition coefficient (Wildman–Crippen LogP) is 4.26. The van der Waals surface area contributed by atoms with E-state index in [2.05, 4.69) is 0 Å². The summed E-state index contributed by atoms with van der Waals surface area (Å²) in [6.07, 6.45) is -1.02. The Hall–Kier alpha value is -4.04. The molecule has 3 atom stereocenters. The molecule has 5 rings (SSSR count). The fourth-order valence-corrected chi connectivity index (χ4v) is 4.51. The van der Waals surface area contributed by atoms with Crippen molar-refractivity contribution < 1.29 is 19.3 Å². The first-order valence-electron chi connectivity index (χ1n) is 10.6. The second-order valence-corrected chi connectivity index (χ2v) is 8.36. The molecule has 0 bridgehead atoms. The minimum absolute atomic E-state index is 0.102. The van der Waals surface area contributed by atoms with Crippen molar-refractivity contribution in [3.05, 3.63) is 99.6 Å². The highest BCUT2D eigenvalue weighted by molar-refractivity contribution is 6.24. The summed E-state index contributed by atoms with van der Waals surface area (Å²) in [6.45, 7) is 3.85. The molecule has 0 radical (unpaired) electrons. The van der Waals surface area contributed by atoms with Gasteiger partial charge >= 0.3 is 0 Å². The van der Waals surface area contributed by atoms with Gasteiger partial charge in [-0.25, -0.2) is 9.96 Å². The van der Waals surface area contributed by atoms with Crippen LogP contribution in [0.25, 0.3) is 0 Å². The van der Waals surface area contributed by atoms with E-state index < -0.39 is 28.9 Å². The Morgan fingerprint density at radius 2 is 1.55 bits per heavy atom. The normalized spacial score (nSPS) is 22.1. The number of carbonyl (C=O) groups excluding carboxylic acids is 2. The van der Waals surface area contributed by atoms with Gasteiger partial charge in [-0.2, -0.15) is 0 Å². The van der Waals surface area contributed by atoms with Gasteiger partial charge in [-0.3, -0.25) is 24.5 Å². The summed E-state index contributed by atoms with van der Waals surface area (Å²) in [5.74, 6) is -1.59. The Kier molecular flexibility index (Phi) is 4.94. The standard InChI is InChI=1S/C25H21N3O5/c1-15-9-11-17(12-10-15)22-21-23(33-27(22)19-7-4-8-20(14-19)28(31)32)25(30)26(24(21)29)18-6-3-5-16(2)13-18/h3-14,21-23H,1-2H3/t21-,22-,23-/m0/s1. The molecular formula is C25H21N3O5. The molecule has 166 valence electrons. The second kappa shape index (κ2) is 7.83. The van der Waals surface area contributed by atoms with Gasteiger partial charge in [-0.15, -0.1) is 0 Å². The zero-order valence-electron chi connectivity index (χ0n) is 18.0. The van der Waals surface area contributed by atoms with Crippen LogP contribution in [-0.2, 0) is 14.4 Å². The average molecular weight is 443 g/mol. The fraction of sp³-hybridized carbons (Fsp3) is 0.200. The van der Waals surface area contributed by atoms with Crippen LogP contribution in [0.4, 0.5) is 17.1 Å². The highest BCUT2D eigenvalue weighted by Crippen LogP contribution is 2.48. The van der Waals surface area contributed by atoms with Crippen molar-refractivity contribution in [1.29, 1.82) is 0 Å².